The highest BCUT2D eigenvalue weighted by Gasteiger charge is 2.22. The maximum Gasteiger partial charge on any atom is 0.225 e. The smallest absolute Gasteiger partial charge is 0.225 e. The van der Waals surface area contributed by atoms with E-state index in [-0.39, 0.29) is 17.9 Å². The van der Waals surface area contributed by atoms with Gasteiger partial charge in [0.2, 0.25) is 5.91 Å². The number of hydrogen-bond acceptors (Lipinski definition) is 3. The van der Waals surface area contributed by atoms with Gasteiger partial charge in [0.1, 0.15) is 0 Å². The van der Waals surface area contributed by atoms with E-state index in [4.69, 9.17) is 10.5 Å². The van der Waals surface area contributed by atoms with E-state index >= 15 is 0 Å². The average molecular weight is 200 g/mol. The number of nitrogens with one attached hydrogen (secondary N) is 1. The van der Waals surface area contributed by atoms with Crippen LogP contribution >= 0.6 is 0 Å². The molecule has 0 spiro atoms. The largest absolute Gasteiger partial charge is 0.381 e. The average Bonchev–Trinajstić information content (AvgIpc) is 2.70. The number of rotatable bonds is 5. The van der Waals surface area contributed by atoms with Crippen LogP contribution in [-0.4, -0.2) is 31.7 Å². The number of carbonyl (C=O) groups excluding carboxylic acids is 1. The minimum absolute atomic E-state index is 0.0628. The molecule has 14 heavy (non-hydrogen) atoms. The first-order chi connectivity index (χ1) is 6.74. The second-order valence-corrected chi connectivity index (χ2v) is 3.81. The fourth-order valence-electron chi connectivity index (χ4n) is 1.47. The Morgan fingerprint density at radius 3 is 3.07 bits per heavy atom. The van der Waals surface area contributed by atoms with Crippen LogP contribution in [0.1, 0.15) is 26.2 Å². The normalized spacial score (nSPS) is 23.4. The number of carbonyl (C=O) groups is 1. The molecule has 4 nitrogen and oxygen atoms in total. The van der Waals surface area contributed by atoms with Gasteiger partial charge in [0.05, 0.1) is 12.5 Å². The Morgan fingerprint density at radius 2 is 2.50 bits per heavy atom. The lowest BCUT2D eigenvalue weighted by Gasteiger charge is -2.11. The molecule has 1 aliphatic heterocycles. The third-order valence-electron chi connectivity index (χ3n) is 2.64. The Labute approximate surface area is 85.2 Å². The molecule has 1 fully saturated rings. The van der Waals surface area contributed by atoms with Crippen molar-refractivity contribution >= 4 is 5.91 Å². The summed E-state index contributed by atoms with van der Waals surface area (Å²) in [7, 11) is 0. The molecule has 1 amide bonds. The molecule has 1 heterocycles. The van der Waals surface area contributed by atoms with E-state index < -0.39 is 0 Å². The molecule has 0 bridgehead atoms. The molecule has 0 aliphatic carbocycles. The lowest BCUT2D eigenvalue weighted by Crippen LogP contribution is -2.34. The van der Waals surface area contributed by atoms with E-state index in [0.29, 0.717) is 19.8 Å². The van der Waals surface area contributed by atoms with Crippen molar-refractivity contribution in [3.63, 3.8) is 0 Å². The minimum Gasteiger partial charge on any atom is -0.381 e. The summed E-state index contributed by atoms with van der Waals surface area (Å²) in [6, 6.07) is 0.204. The first-order valence-electron chi connectivity index (χ1n) is 5.35. The molecule has 3 N–H and O–H groups in total. The van der Waals surface area contributed by atoms with Gasteiger partial charge in [-0.3, -0.25) is 4.79 Å². The van der Waals surface area contributed by atoms with Crippen LogP contribution in [0.2, 0.25) is 0 Å². The van der Waals surface area contributed by atoms with Crippen molar-refractivity contribution in [1.29, 1.82) is 0 Å². The second kappa shape index (κ2) is 5.98. The molecule has 0 aromatic rings. The third-order valence-corrected chi connectivity index (χ3v) is 2.64. The van der Waals surface area contributed by atoms with E-state index in [1.54, 1.807) is 0 Å². The van der Waals surface area contributed by atoms with Crippen LogP contribution in [-0.2, 0) is 9.53 Å². The van der Waals surface area contributed by atoms with Crippen molar-refractivity contribution in [2.24, 2.45) is 11.7 Å². The summed E-state index contributed by atoms with van der Waals surface area (Å²) in [4.78, 5) is 11.5. The Balaban J connectivity index is 2.08. The Kier molecular flexibility index (Phi) is 4.90. The molecule has 0 saturated carbocycles. The molecule has 2 atom stereocenters. The van der Waals surface area contributed by atoms with Gasteiger partial charge >= 0.3 is 0 Å². The van der Waals surface area contributed by atoms with Crippen LogP contribution in [0.15, 0.2) is 0 Å². The van der Waals surface area contributed by atoms with Gasteiger partial charge in [0, 0.05) is 19.2 Å². The number of hydrogen-bond donors (Lipinski definition) is 2. The standard InChI is InChI=1S/C10H20N2O2/c1-2-9(11)3-5-12-10(13)8-4-6-14-7-8/h8-9H,2-7,11H2,1H3,(H,12,13). The molecule has 2 unspecified atom stereocenters. The van der Waals surface area contributed by atoms with E-state index in [0.717, 1.165) is 19.3 Å². The summed E-state index contributed by atoms with van der Waals surface area (Å²) in [6.45, 7) is 4.03. The summed E-state index contributed by atoms with van der Waals surface area (Å²) in [5, 5.41) is 2.89. The molecular formula is C10H20N2O2. The molecule has 1 aliphatic rings. The van der Waals surface area contributed by atoms with Crippen molar-refractivity contribution in [3.8, 4) is 0 Å². The van der Waals surface area contributed by atoms with Crippen LogP contribution in [0, 0.1) is 5.92 Å². The van der Waals surface area contributed by atoms with E-state index in [1.807, 2.05) is 0 Å². The van der Waals surface area contributed by atoms with Gasteiger partial charge in [0.25, 0.3) is 0 Å². The summed E-state index contributed by atoms with van der Waals surface area (Å²) in [5.41, 5.74) is 5.74. The van der Waals surface area contributed by atoms with Crippen LogP contribution < -0.4 is 11.1 Å². The van der Waals surface area contributed by atoms with Gasteiger partial charge in [-0.1, -0.05) is 6.92 Å². The number of ether oxygens (including phenoxy) is 1. The number of nitrogens with two attached hydrogens (primary N) is 1. The van der Waals surface area contributed by atoms with Gasteiger partial charge in [-0.25, -0.2) is 0 Å². The maximum atomic E-state index is 11.5. The predicted octanol–water partition coefficient (Wildman–Crippen LogP) is 0.267. The zero-order chi connectivity index (χ0) is 10.4. The zero-order valence-corrected chi connectivity index (χ0v) is 8.79. The fourth-order valence-corrected chi connectivity index (χ4v) is 1.47. The topological polar surface area (TPSA) is 64.3 Å². The molecule has 1 rings (SSSR count). The highest BCUT2D eigenvalue weighted by molar-refractivity contribution is 5.78. The molecule has 0 aromatic carbocycles. The lowest BCUT2D eigenvalue weighted by molar-refractivity contribution is -0.124. The fraction of sp³-hybridized carbons (Fsp3) is 0.900. The summed E-state index contributed by atoms with van der Waals surface area (Å²) >= 11 is 0. The van der Waals surface area contributed by atoms with Crippen LogP contribution in [0.4, 0.5) is 0 Å². The Bertz CT molecular complexity index is 179. The van der Waals surface area contributed by atoms with Crippen LogP contribution in [0.5, 0.6) is 0 Å². The summed E-state index contributed by atoms with van der Waals surface area (Å²) in [6.07, 6.45) is 2.67. The van der Waals surface area contributed by atoms with Crippen molar-refractivity contribution in [3.05, 3.63) is 0 Å². The van der Waals surface area contributed by atoms with Gasteiger partial charge in [-0.2, -0.15) is 0 Å². The van der Waals surface area contributed by atoms with Gasteiger partial charge in [-0.15, -0.1) is 0 Å². The molecule has 82 valence electrons. The quantitative estimate of drug-likeness (QED) is 0.669. The van der Waals surface area contributed by atoms with Gasteiger partial charge in [-0.05, 0) is 19.3 Å². The SMILES string of the molecule is CCC(N)CCNC(=O)C1CCOC1. The second-order valence-electron chi connectivity index (χ2n) is 3.81. The van der Waals surface area contributed by atoms with Crippen LogP contribution in [0.25, 0.3) is 0 Å². The van der Waals surface area contributed by atoms with Crippen molar-refractivity contribution in [1.82, 2.24) is 5.32 Å². The van der Waals surface area contributed by atoms with E-state index in [1.165, 1.54) is 0 Å². The molecular weight excluding hydrogens is 180 g/mol. The highest BCUT2D eigenvalue weighted by atomic mass is 16.5. The first kappa shape index (κ1) is 11.5. The minimum atomic E-state index is 0.0628. The molecule has 4 heteroatoms. The summed E-state index contributed by atoms with van der Waals surface area (Å²) < 4.78 is 5.14. The third kappa shape index (κ3) is 3.64. The predicted molar refractivity (Wildman–Crippen MR) is 54.8 cm³/mol. The van der Waals surface area contributed by atoms with E-state index in [2.05, 4.69) is 12.2 Å². The van der Waals surface area contributed by atoms with Crippen molar-refractivity contribution < 1.29 is 9.53 Å². The lowest BCUT2D eigenvalue weighted by atomic mass is 10.1. The molecule has 0 radical (unpaired) electrons. The van der Waals surface area contributed by atoms with E-state index in [9.17, 15) is 4.79 Å². The van der Waals surface area contributed by atoms with Crippen molar-refractivity contribution in [2.75, 3.05) is 19.8 Å². The first-order valence-corrected chi connectivity index (χ1v) is 5.35. The molecule has 1 saturated heterocycles. The zero-order valence-electron chi connectivity index (χ0n) is 8.79. The maximum absolute atomic E-state index is 11.5. The van der Waals surface area contributed by atoms with Crippen molar-refractivity contribution in [2.45, 2.75) is 32.2 Å². The number of amides is 1. The summed E-state index contributed by atoms with van der Waals surface area (Å²) in [5.74, 6) is 0.179. The Morgan fingerprint density at radius 1 is 1.71 bits per heavy atom. The molecule has 0 aromatic heterocycles. The van der Waals surface area contributed by atoms with Gasteiger partial charge < -0.3 is 15.8 Å². The monoisotopic (exact) mass is 200 g/mol. The Hall–Kier alpha value is -0.610. The van der Waals surface area contributed by atoms with Crippen LogP contribution in [0.3, 0.4) is 0 Å². The van der Waals surface area contributed by atoms with Gasteiger partial charge in [0.15, 0.2) is 0 Å². The highest BCUT2D eigenvalue weighted by Crippen LogP contribution is 2.11.